The minimum absolute atomic E-state index is 0.0394. The van der Waals surface area contributed by atoms with Gasteiger partial charge in [0.05, 0.1) is 35.0 Å². The molecule has 12 aliphatic rings. The number of halogens is 6. The van der Waals surface area contributed by atoms with Crippen LogP contribution in [0.25, 0.3) is 0 Å². The summed E-state index contributed by atoms with van der Waals surface area (Å²) in [6.07, 6.45) is 11.9. The molecule has 0 amide bonds. The number of alkyl halides is 6. The molecular weight excluding hydrogens is 1610 g/mol. The van der Waals surface area contributed by atoms with Crippen molar-refractivity contribution in [3.8, 4) is 0 Å². The highest BCUT2D eigenvalue weighted by Crippen LogP contribution is 2.64. The second-order valence-electron chi connectivity index (χ2n) is 37.8. The van der Waals surface area contributed by atoms with Crippen LogP contribution in [0.3, 0.4) is 0 Å². The summed E-state index contributed by atoms with van der Waals surface area (Å²) in [7, 11) is -0.0789. The summed E-state index contributed by atoms with van der Waals surface area (Å²) in [5.74, 6) is -13.1. The normalized spacial score (nSPS) is 27.3. The van der Waals surface area contributed by atoms with E-state index in [0.717, 1.165) is 96.3 Å². The third-order valence-corrected chi connectivity index (χ3v) is 30.0. The fraction of sp³-hybridized carbons (Fsp3) is 0.586. The first kappa shape index (κ1) is 95.2. The number of hydrogen-bond donors (Lipinski definition) is 0. The monoisotopic (exact) mass is 1730 g/mol. The number of ether oxygens (including phenoxy) is 10. The van der Waals surface area contributed by atoms with Gasteiger partial charge < -0.3 is 47.4 Å². The Balaban J connectivity index is 0.000000149. The summed E-state index contributed by atoms with van der Waals surface area (Å²) in [6, 6.07) is 53.6. The van der Waals surface area contributed by atoms with Gasteiger partial charge in [-0.25, -0.2) is 24.0 Å². The van der Waals surface area contributed by atoms with Gasteiger partial charge in [0, 0.05) is 39.4 Å². The molecule has 0 N–H and O–H groups in total. The lowest BCUT2D eigenvalue weighted by Gasteiger charge is -2.59. The molecule has 12 saturated carbocycles. The zero-order chi connectivity index (χ0) is 88.4. The molecule has 0 aliphatic heterocycles. The Labute approximate surface area is 724 Å². The lowest BCUT2D eigenvalue weighted by molar-refractivity contribution is -0.216. The lowest BCUT2D eigenvalue weighted by Crippen LogP contribution is -2.56. The quantitative estimate of drug-likeness (QED) is 0.0165. The van der Waals surface area contributed by atoms with Crippen LogP contribution in [0.15, 0.2) is 175 Å². The van der Waals surface area contributed by atoms with Gasteiger partial charge in [-0.15, -0.1) is 0 Å². The van der Waals surface area contributed by atoms with Crippen LogP contribution in [0.4, 0.5) is 31.1 Å². The maximum Gasteiger partial charge on any atom is 0.508 e. The molecule has 666 valence electrons. The summed E-state index contributed by atoms with van der Waals surface area (Å²) in [5.41, 5.74) is 7.27. The lowest BCUT2D eigenvalue weighted by atomic mass is 9.48. The average molecular weight is 1740 g/mol. The second-order valence-corrected chi connectivity index (χ2v) is 41.8. The molecule has 0 heterocycles. The van der Waals surface area contributed by atoms with Gasteiger partial charge >= 0.3 is 47.8 Å². The van der Waals surface area contributed by atoms with Gasteiger partial charge in [0.1, 0.15) is 30.5 Å². The summed E-state index contributed by atoms with van der Waals surface area (Å²) in [4.78, 5) is 66.5. The number of benzene rings is 6. The molecule has 6 aromatic rings. The van der Waals surface area contributed by atoms with Crippen LogP contribution in [-0.2, 0) is 88.3 Å². The van der Waals surface area contributed by atoms with Crippen molar-refractivity contribution < 1.29 is 97.7 Å². The standard InChI is InChI=1S/2C21H21S.C20H30F2O6.C19H28F2O5.C18H28F2O4/c2*1-16-4-10-19(11-5-16)22(20-12-6-17(2)7-13-20)21-14-8-18(3)9-15-21;1-4-25-12(2)27-11-20-7-13-5-14(8-20)17(15(6-13)9-20)28-16(23)10-26-18(24)19(3,21)22;1-17(2,3)26-16(23)24-10-19-7-11-5-12(8-19)14(13(6-11)9-19)25-15(22)18(4,20)21;1-4-22-11(2)23-10-18-7-12-5-13(8-18)15(14(6-12)9-18)24-16(21)17(3,19)20/h2*4-15H,1-3H3;12-15,17H,4-11H2,1-3H3;11-14H,5-10H2,1-4H3;11-15H,4-10H2,1-3H3/q2*+1;;;. The average Bonchev–Trinajstić information content (AvgIpc) is 0.742. The minimum atomic E-state index is -3.62. The third kappa shape index (κ3) is 25.7. The van der Waals surface area contributed by atoms with Crippen molar-refractivity contribution in [2.24, 2.45) is 69.5 Å². The smallest absolute Gasteiger partial charge is 0.459 e. The number of rotatable bonds is 26. The molecular formula is C99H128F6O15S2+2. The van der Waals surface area contributed by atoms with Crippen molar-refractivity contribution in [3.05, 3.63) is 179 Å². The highest BCUT2D eigenvalue weighted by atomic mass is 32.2. The number of carbonyl (C=O) groups is 5. The number of esters is 4. The number of hydrogen-bond acceptors (Lipinski definition) is 15. The SMILES string of the molecule is CC(C)(C)OC(=O)OCC12CC3CC(C1)C(OC(=O)C(C)(F)F)C(C3)C2.CCOC(C)OCC12CC3CC(C1)C(OC(=O)C(C)(F)F)C(C3)C2.CCOC(C)OCC12CC3CC(C1)C(OC(=O)COC(=O)C(C)(F)F)C(C3)C2.Cc1ccc([S+](c2ccc(C)cc2)c2ccc(C)cc2)cc1.Cc1ccc([S+](c2ccc(C)cc2)c2ccc(C)cc2)cc1. The van der Waals surface area contributed by atoms with Crippen LogP contribution >= 0.6 is 0 Å². The molecule has 12 bridgehead atoms. The topological polar surface area (TPSA) is 178 Å². The van der Waals surface area contributed by atoms with Gasteiger partial charge in [-0.3, -0.25) is 0 Å². The predicted molar refractivity (Wildman–Crippen MR) is 458 cm³/mol. The van der Waals surface area contributed by atoms with Crippen molar-refractivity contribution in [3.63, 3.8) is 0 Å². The summed E-state index contributed by atoms with van der Waals surface area (Å²) < 4.78 is 132. The number of aryl methyl sites for hydroxylation is 6. The first-order valence-electron chi connectivity index (χ1n) is 43.6. The van der Waals surface area contributed by atoms with Gasteiger partial charge in [-0.05, 0) is 323 Å². The summed E-state index contributed by atoms with van der Waals surface area (Å²) >= 11 is 0. The van der Waals surface area contributed by atoms with Crippen molar-refractivity contribution in [1.82, 2.24) is 0 Å². The van der Waals surface area contributed by atoms with E-state index < -0.39 is 66.1 Å². The van der Waals surface area contributed by atoms with Gasteiger partial charge in [0.2, 0.25) is 0 Å². The fourth-order valence-corrected chi connectivity index (χ4v) is 25.0. The Kier molecular flexibility index (Phi) is 31.6. The van der Waals surface area contributed by atoms with E-state index in [2.05, 4.69) is 192 Å². The molecule has 8 atom stereocenters. The molecule has 18 rings (SSSR count). The Morgan fingerprint density at radius 2 is 0.598 bits per heavy atom. The highest BCUT2D eigenvalue weighted by molar-refractivity contribution is 7.97. The Bertz CT molecular complexity index is 4030. The van der Waals surface area contributed by atoms with E-state index in [-0.39, 0.29) is 105 Å². The summed E-state index contributed by atoms with van der Waals surface area (Å²) in [5, 5.41) is 0. The largest absolute Gasteiger partial charge is 0.508 e. The maximum atomic E-state index is 13.2. The molecule has 6 aromatic carbocycles. The molecule has 0 spiro atoms. The van der Waals surface area contributed by atoms with Crippen LogP contribution in [-0.4, -0.2) is 124 Å². The molecule has 0 radical (unpaired) electrons. The molecule has 15 nitrogen and oxygen atoms in total. The highest BCUT2D eigenvalue weighted by Gasteiger charge is 2.61. The molecule has 23 heteroatoms. The zero-order valence-corrected chi connectivity index (χ0v) is 75.6. The van der Waals surface area contributed by atoms with Gasteiger partial charge in [0.25, 0.3) is 0 Å². The van der Waals surface area contributed by atoms with Crippen molar-refractivity contribution in [2.45, 2.75) is 291 Å². The van der Waals surface area contributed by atoms with Gasteiger partial charge in [-0.2, -0.15) is 26.3 Å². The predicted octanol–water partition coefficient (Wildman–Crippen LogP) is 22.8. The molecule has 0 saturated heterocycles. The van der Waals surface area contributed by atoms with Crippen LogP contribution in [0.5, 0.6) is 0 Å². The Morgan fingerprint density at radius 3 is 0.836 bits per heavy atom. The molecule has 0 aromatic heterocycles. The van der Waals surface area contributed by atoms with E-state index in [1.54, 1.807) is 20.8 Å². The Hall–Kier alpha value is -7.41. The zero-order valence-electron chi connectivity index (χ0n) is 74.0. The van der Waals surface area contributed by atoms with Crippen molar-refractivity contribution in [1.29, 1.82) is 0 Å². The van der Waals surface area contributed by atoms with Crippen LogP contribution < -0.4 is 0 Å². The van der Waals surface area contributed by atoms with Crippen LogP contribution in [0.2, 0.25) is 0 Å². The van der Waals surface area contributed by atoms with E-state index in [1.807, 2.05) is 27.7 Å². The van der Waals surface area contributed by atoms with Gasteiger partial charge in [-0.1, -0.05) is 106 Å². The maximum absolute atomic E-state index is 13.2. The third-order valence-electron chi connectivity index (χ3n) is 25.6. The molecule has 12 fully saturated rings. The first-order chi connectivity index (χ1) is 57.5. The van der Waals surface area contributed by atoms with E-state index in [1.165, 1.54) is 62.8 Å². The molecule has 122 heavy (non-hydrogen) atoms. The van der Waals surface area contributed by atoms with E-state index >= 15 is 0 Å². The van der Waals surface area contributed by atoms with Crippen molar-refractivity contribution in [2.75, 3.05) is 39.6 Å². The molecule has 8 unspecified atom stereocenters. The molecule has 12 aliphatic carbocycles. The van der Waals surface area contributed by atoms with Gasteiger partial charge in [0.15, 0.2) is 48.6 Å². The number of carbonyl (C=O) groups excluding carboxylic acids is 5. The van der Waals surface area contributed by atoms with Crippen LogP contribution in [0, 0.1) is 111 Å². The first-order valence-corrected chi connectivity index (χ1v) is 46.1. The van der Waals surface area contributed by atoms with Crippen molar-refractivity contribution >= 4 is 51.8 Å². The van der Waals surface area contributed by atoms with Crippen LogP contribution in [0.1, 0.15) is 199 Å². The second kappa shape index (κ2) is 40.5. The Morgan fingerprint density at radius 1 is 0.352 bits per heavy atom. The summed E-state index contributed by atoms with van der Waals surface area (Å²) in [6.45, 7) is 29.5. The van der Waals surface area contributed by atoms with E-state index in [9.17, 15) is 50.3 Å². The van der Waals surface area contributed by atoms with E-state index in [4.69, 9.17) is 42.6 Å². The minimum Gasteiger partial charge on any atom is -0.459 e. The fourth-order valence-electron chi connectivity index (χ4n) is 20.9. The van der Waals surface area contributed by atoms with E-state index in [0.29, 0.717) is 65.0 Å².